The number of fused-ring (bicyclic) bond motifs is 1. The topological polar surface area (TPSA) is 65.8 Å². The number of imidazole rings is 1. The molecule has 0 saturated carbocycles. The summed E-state index contributed by atoms with van der Waals surface area (Å²) in [6.07, 6.45) is 1.94. The molecule has 6 nitrogen and oxygen atoms in total. The molecule has 0 unspecified atom stereocenters. The molecule has 120 valence electrons. The zero-order valence-corrected chi connectivity index (χ0v) is 13.2. The van der Waals surface area contributed by atoms with Crippen molar-refractivity contribution < 1.29 is 4.42 Å². The second kappa shape index (κ2) is 5.81. The normalized spacial score (nSPS) is 11.2. The average molecular weight is 320 g/mol. The van der Waals surface area contributed by atoms with E-state index < -0.39 is 0 Å². The second-order valence-electron chi connectivity index (χ2n) is 5.74. The van der Waals surface area contributed by atoms with Crippen LogP contribution in [0.3, 0.4) is 0 Å². The fraction of sp³-hybridized carbons (Fsp3) is 0.167. The molecule has 2 aromatic heterocycles. The molecule has 0 atom stereocenters. The summed E-state index contributed by atoms with van der Waals surface area (Å²) < 4.78 is 8.63. The van der Waals surface area contributed by atoms with Crippen LogP contribution >= 0.6 is 0 Å². The number of aromatic nitrogens is 4. The first kappa shape index (κ1) is 14.4. The third-order valence-electron chi connectivity index (χ3n) is 4.18. The Morgan fingerprint density at radius 2 is 1.71 bits per heavy atom. The van der Waals surface area contributed by atoms with Gasteiger partial charge >= 0.3 is 5.69 Å². The van der Waals surface area contributed by atoms with Gasteiger partial charge in [-0.25, -0.2) is 4.79 Å². The molecule has 2 heterocycles. The number of aryl methyl sites for hydroxylation is 1. The van der Waals surface area contributed by atoms with Crippen molar-refractivity contribution in [3.05, 3.63) is 82.4 Å². The fourth-order valence-electron chi connectivity index (χ4n) is 2.91. The summed E-state index contributed by atoms with van der Waals surface area (Å²) >= 11 is 0. The maximum Gasteiger partial charge on any atom is 0.329 e. The molecule has 6 heteroatoms. The van der Waals surface area contributed by atoms with Crippen LogP contribution in [0.15, 0.2) is 64.1 Å². The Hall–Kier alpha value is -3.15. The van der Waals surface area contributed by atoms with Crippen molar-refractivity contribution in [1.29, 1.82) is 0 Å². The summed E-state index contributed by atoms with van der Waals surface area (Å²) in [7, 11) is 1.80. The van der Waals surface area contributed by atoms with E-state index in [1.165, 1.54) is 6.39 Å². The highest BCUT2D eigenvalue weighted by Gasteiger charge is 2.10. The molecule has 0 radical (unpaired) electrons. The van der Waals surface area contributed by atoms with Crippen LogP contribution in [-0.4, -0.2) is 19.3 Å². The molecule has 4 rings (SSSR count). The smallest absolute Gasteiger partial charge is 0.329 e. The van der Waals surface area contributed by atoms with Gasteiger partial charge in [0.1, 0.15) is 0 Å². The summed E-state index contributed by atoms with van der Waals surface area (Å²) in [6.45, 7) is 0.543. The lowest BCUT2D eigenvalue weighted by atomic mass is 10.1. The molecule has 0 bridgehead atoms. The Labute approximate surface area is 138 Å². The van der Waals surface area contributed by atoms with Crippen LogP contribution in [0.25, 0.3) is 11.0 Å². The quantitative estimate of drug-likeness (QED) is 0.579. The molecule has 0 spiro atoms. The Balaban J connectivity index is 1.62. The Morgan fingerprint density at radius 1 is 1.00 bits per heavy atom. The van der Waals surface area contributed by atoms with E-state index in [0.717, 1.165) is 22.2 Å². The number of nitrogens with zero attached hydrogens (tertiary/aromatic N) is 4. The summed E-state index contributed by atoms with van der Waals surface area (Å²) in [5.41, 5.74) is 4.04. The third-order valence-corrected chi connectivity index (χ3v) is 4.18. The van der Waals surface area contributed by atoms with Gasteiger partial charge in [0.05, 0.1) is 24.0 Å². The lowest BCUT2D eigenvalue weighted by Crippen LogP contribution is -2.22. The molecule has 0 N–H and O–H groups in total. The van der Waals surface area contributed by atoms with Gasteiger partial charge in [-0.2, -0.15) is 0 Å². The molecular formula is C18H16N4O2. The average Bonchev–Trinajstić information content (AvgIpc) is 3.20. The van der Waals surface area contributed by atoms with E-state index in [0.29, 0.717) is 18.9 Å². The summed E-state index contributed by atoms with van der Waals surface area (Å²) in [5.74, 6) is 0.591. The molecule has 0 aliphatic carbocycles. The van der Waals surface area contributed by atoms with E-state index in [1.807, 2.05) is 48.5 Å². The van der Waals surface area contributed by atoms with Crippen LogP contribution in [-0.2, 0) is 20.0 Å². The van der Waals surface area contributed by atoms with Crippen molar-refractivity contribution in [2.75, 3.05) is 0 Å². The van der Waals surface area contributed by atoms with Gasteiger partial charge in [0, 0.05) is 7.05 Å². The summed E-state index contributed by atoms with van der Waals surface area (Å²) in [4.78, 5) is 12.5. The van der Waals surface area contributed by atoms with Gasteiger partial charge in [0.25, 0.3) is 0 Å². The predicted molar refractivity (Wildman–Crippen MR) is 89.8 cm³/mol. The van der Waals surface area contributed by atoms with Crippen molar-refractivity contribution in [3.63, 3.8) is 0 Å². The highest BCUT2D eigenvalue weighted by Crippen LogP contribution is 2.14. The molecule has 2 aromatic carbocycles. The molecule has 0 amide bonds. The van der Waals surface area contributed by atoms with Crippen molar-refractivity contribution in [2.24, 2.45) is 7.05 Å². The van der Waals surface area contributed by atoms with E-state index in [9.17, 15) is 4.79 Å². The lowest BCUT2D eigenvalue weighted by Gasteiger charge is -2.05. The lowest BCUT2D eigenvalue weighted by molar-refractivity contribution is 0.505. The monoisotopic (exact) mass is 320 g/mol. The minimum Gasteiger partial charge on any atom is -0.428 e. The van der Waals surface area contributed by atoms with Gasteiger partial charge in [-0.05, 0) is 23.3 Å². The van der Waals surface area contributed by atoms with E-state index in [2.05, 4.69) is 10.2 Å². The van der Waals surface area contributed by atoms with Crippen LogP contribution in [0.5, 0.6) is 0 Å². The second-order valence-corrected chi connectivity index (χ2v) is 5.74. The first-order valence-electron chi connectivity index (χ1n) is 7.69. The maximum absolute atomic E-state index is 12.5. The molecule has 0 fully saturated rings. The van der Waals surface area contributed by atoms with Gasteiger partial charge in [-0.1, -0.05) is 36.4 Å². The molecule has 0 saturated heterocycles. The van der Waals surface area contributed by atoms with E-state index in [1.54, 1.807) is 16.2 Å². The van der Waals surface area contributed by atoms with Crippen molar-refractivity contribution in [3.8, 4) is 0 Å². The molecule has 0 aliphatic rings. The number of hydrogen-bond donors (Lipinski definition) is 0. The van der Waals surface area contributed by atoms with Gasteiger partial charge in [-0.3, -0.25) is 9.13 Å². The number of hydrogen-bond acceptors (Lipinski definition) is 4. The molecule has 0 aliphatic heterocycles. The van der Waals surface area contributed by atoms with E-state index >= 15 is 0 Å². The van der Waals surface area contributed by atoms with E-state index in [-0.39, 0.29) is 5.69 Å². The van der Waals surface area contributed by atoms with Crippen molar-refractivity contribution in [1.82, 2.24) is 19.3 Å². The zero-order valence-electron chi connectivity index (χ0n) is 13.2. The van der Waals surface area contributed by atoms with Crippen LogP contribution in [0.4, 0.5) is 0 Å². The number of rotatable bonds is 4. The van der Waals surface area contributed by atoms with Crippen LogP contribution in [0.2, 0.25) is 0 Å². The minimum absolute atomic E-state index is 0.00821. The van der Waals surface area contributed by atoms with Crippen LogP contribution < -0.4 is 5.69 Å². The third kappa shape index (κ3) is 2.52. The van der Waals surface area contributed by atoms with Crippen molar-refractivity contribution >= 4 is 11.0 Å². The van der Waals surface area contributed by atoms with Gasteiger partial charge in [0.15, 0.2) is 0 Å². The number of benzene rings is 2. The van der Waals surface area contributed by atoms with E-state index in [4.69, 9.17) is 4.42 Å². The predicted octanol–water partition coefficient (Wildman–Crippen LogP) is 2.36. The Bertz CT molecular complexity index is 1030. The SMILES string of the molecule is Cn1c(=O)n(Cc2ccc(Cc3nnco3)cc2)c2ccccc21. The maximum atomic E-state index is 12.5. The standard InChI is InChI=1S/C18H16N4O2/c1-21-15-4-2-3-5-16(15)22(18(21)23)11-14-8-6-13(7-9-14)10-17-20-19-12-24-17/h2-9,12H,10-11H2,1H3. The first-order chi connectivity index (χ1) is 11.7. The molecular weight excluding hydrogens is 304 g/mol. The fourth-order valence-corrected chi connectivity index (χ4v) is 2.91. The van der Waals surface area contributed by atoms with Crippen molar-refractivity contribution in [2.45, 2.75) is 13.0 Å². The minimum atomic E-state index is -0.00821. The van der Waals surface area contributed by atoms with Gasteiger partial charge < -0.3 is 4.42 Å². The highest BCUT2D eigenvalue weighted by molar-refractivity contribution is 5.75. The summed E-state index contributed by atoms with van der Waals surface area (Å²) in [6, 6.07) is 15.9. The highest BCUT2D eigenvalue weighted by atomic mass is 16.4. The number of para-hydroxylation sites is 2. The van der Waals surface area contributed by atoms with Crippen LogP contribution in [0, 0.1) is 0 Å². The summed E-state index contributed by atoms with van der Waals surface area (Å²) in [5, 5.41) is 7.56. The van der Waals surface area contributed by atoms with Crippen LogP contribution in [0.1, 0.15) is 17.0 Å². The molecule has 24 heavy (non-hydrogen) atoms. The zero-order chi connectivity index (χ0) is 16.5. The Morgan fingerprint density at radius 3 is 2.42 bits per heavy atom. The first-order valence-corrected chi connectivity index (χ1v) is 7.69. The Kier molecular flexibility index (Phi) is 3.49. The largest absolute Gasteiger partial charge is 0.428 e. The van der Waals surface area contributed by atoms with Gasteiger partial charge in [-0.15, -0.1) is 10.2 Å². The molecule has 4 aromatic rings. The van der Waals surface area contributed by atoms with Gasteiger partial charge in [0.2, 0.25) is 12.3 Å².